The first-order valence-electron chi connectivity index (χ1n) is 5.06. The number of rotatable bonds is 2. The lowest BCUT2D eigenvalue weighted by Crippen LogP contribution is -1.86. The standard InChI is InChI=1S/C11H6N6O/c12-5-7-1-2-9(15-7)11-16-10(17-18-11)8-3-4-13-6-14-8/h1-4,6,15H. The number of aromatic nitrogens is 5. The summed E-state index contributed by atoms with van der Waals surface area (Å²) >= 11 is 0. The Kier molecular flexibility index (Phi) is 2.32. The molecule has 0 aliphatic rings. The fraction of sp³-hybridized carbons (Fsp3) is 0. The van der Waals surface area contributed by atoms with Gasteiger partial charge in [-0.3, -0.25) is 0 Å². The minimum absolute atomic E-state index is 0.310. The largest absolute Gasteiger partial charge is 0.342 e. The van der Waals surface area contributed by atoms with E-state index in [-0.39, 0.29) is 0 Å². The highest BCUT2D eigenvalue weighted by Crippen LogP contribution is 2.19. The average molecular weight is 238 g/mol. The second-order valence-electron chi connectivity index (χ2n) is 3.42. The van der Waals surface area contributed by atoms with Crippen LogP contribution < -0.4 is 0 Å². The summed E-state index contributed by atoms with van der Waals surface area (Å²) in [6.07, 6.45) is 3.01. The Morgan fingerprint density at radius 2 is 2.22 bits per heavy atom. The number of H-pyrrole nitrogens is 1. The van der Waals surface area contributed by atoms with E-state index >= 15 is 0 Å². The first-order valence-corrected chi connectivity index (χ1v) is 5.06. The molecular weight excluding hydrogens is 232 g/mol. The number of nitrogens with zero attached hydrogens (tertiary/aromatic N) is 5. The maximum absolute atomic E-state index is 8.72. The van der Waals surface area contributed by atoms with Crippen LogP contribution in [-0.2, 0) is 0 Å². The lowest BCUT2D eigenvalue weighted by atomic mass is 10.4. The maximum atomic E-state index is 8.72. The molecule has 1 N–H and O–H groups in total. The Balaban J connectivity index is 1.97. The SMILES string of the molecule is N#Cc1ccc(-c2nc(-c3ccncn3)no2)[nH]1. The van der Waals surface area contributed by atoms with Gasteiger partial charge in [0.15, 0.2) is 0 Å². The number of nitriles is 1. The van der Waals surface area contributed by atoms with Crippen LogP contribution in [0.15, 0.2) is 35.2 Å². The van der Waals surface area contributed by atoms with Gasteiger partial charge in [0, 0.05) is 6.20 Å². The zero-order valence-corrected chi connectivity index (χ0v) is 9.03. The summed E-state index contributed by atoms with van der Waals surface area (Å²) in [7, 11) is 0. The first-order chi connectivity index (χ1) is 8.86. The van der Waals surface area contributed by atoms with Crippen LogP contribution in [0.3, 0.4) is 0 Å². The van der Waals surface area contributed by atoms with Crippen LogP contribution in [0, 0.1) is 11.3 Å². The number of aromatic amines is 1. The third-order valence-electron chi connectivity index (χ3n) is 2.27. The van der Waals surface area contributed by atoms with E-state index in [4.69, 9.17) is 9.78 Å². The Bertz CT molecular complexity index is 708. The van der Waals surface area contributed by atoms with E-state index in [9.17, 15) is 0 Å². The molecule has 0 unspecified atom stereocenters. The summed E-state index contributed by atoms with van der Waals surface area (Å²) in [6.45, 7) is 0. The zero-order valence-electron chi connectivity index (χ0n) is 9.03. The van der Waals surface area contributed by atoms with E-state index in [0.717, 1.165) is 0 Å². The minimum Gasteiger partial charge on any atom is -0.342 e. The van der Waals surface area contributed by atoms with Gasteiger partial charge in [0.1, 0.15) is 29.5 Å². The van der Waals surface area contributed by atoms with Crippen molar-refractivity contribution in [3.05, 3.63) is 36.4 Å². The molecule has 18 heavy (non-hydrogen) atoms. The summed E-state index contributed by atoms with van der Waals surface area (Å²) in [6, 6.07) is 7.02. The van der Waals surface area contributed by atoms with Crippen LogP contribution in [0.25, 0.3) is 23.1 Å². The Morgan fingerprint density at radius 3 is 2.94 bits per heavy atom. The zero-order chi connectivity index (χ0) is 12.4. The second kappa shape index (κ2) is 4.10. The summed E-state index contributed by atoms with van der Waals surface area (Å²) in [5.74, 6) is 0.686. The molecule has 86 valence electrons. The normalized spacial score (nSPS) is 10.2. The van der Waals surface area contributed by atoms with Gasteiger partial charge in [0.05, 0.1) is 0 Å². The van der Waals surface area contributed by atoms with Crippen molar-refractivity contribution in [1.29, 1.82) is 5.26 Å². The maximum Gasteiger partial charge on any atom is 0.274 e. The molecule has 7 nitrogen and oxygen atoms in total. The van der Waals surface area contributed by atoms with Gasteiger partial charge in [0.25, 0.3) is 5.89 Å². The summed E-state index contributed by atoms with van der Waals surface area (Å²) in [5.41, 5.74) is 1.61. The van der Waals surface area contributed by atoms with E-state index < -0.39 is 0 Å². The van der Waals surface area contributed by atoms with Crippen LogP contribution in [0.4, 0.5) is 0 Å². The molecule has 3 heterocycles. The Labute approximate surface area is 101 Å². The predicted octanol–water partition coefficient (Wildman–Crippen LogP) is 1.39. The quantitative estimate of drug-likeness (QED) is 0.723. The average Bonchev–Trinajstić information content (AvgIpc) is 3.08. The highest BCUT2D eigenvalue weighted by atomic mass is 16.5. The molecule has 0 fully saturated rings. The van der Waals surface area contributed by atoms with Crippen LogP contribution in [-0.4, -0.2) is 25.1 Å². The third-order valence-corrected chi connectivity index (χ3v) is 2.27. The van der Waals surface area contributed by atoms with Crippen molar-refractivity contribution in [3.8, 4) is 29.2 Å². The molecular formula is C11H6N6O. The van der Waals surface area contributed by atoms with Crippen LogP contribution in [0.2, 0.25) is 0 Å². The van der Waals surface area contributed by atoms with E-state index in [1.165, 1.54) is 6.33 Å². The lowest BCUT2D eigenvalue weighted by Gasteiger charge is -1.89. The van der Waals surface area contributed by atoms with Gasteiger partial charge >= 0.3 is 0 Å². The predicted molar refractivity (Wildman–Crippen MR) is 59.8 cm³/mol. The van der Waals surface area contributed by atoms with Crippen LogP contribution in [0.1, 0.15) is 5.69 Å². The molecule has 0 saturated carbocycles. The first kappa shape index (κ1) is 10.2. The number of nitrogens with one attached hydrogen (secondary N) is 1. The van der Waals surface area contributed by atoms with Crippen molar-refractivity contribution in [2.45, 2.75) is 0 Å². The molecule has 3 aromatic heterocycles. The molecule has 3 aromatic rings. The smallest absolute Gasteiger partial charge is 0.274 e. The molecule has 0 spiro atoms. The van der Waals surface area contributed by atoms with Crippen LogP contribution in [0.5, 0.6) is 0 Å². The van der Waals surface area contributed by atoms with Crippen molar-refractivity contribution >= 4 is 0 Å². The fourth-order valence-corrected chi connectivity index (χ4v) is 1.44. The highest BCUT2D eigenvalue weighted by Gasteiger charge is 2.12. The topological polar surface area (TPSA) is 104 Å². The van der Waals surface area contributed by atoms with Gasteiger partial charge in [-0.15, -0.1) is 0 Å². The number of hydrogen-bond donors (Lipinski definition) is 1. The molecule has 0 amide bonds. The van der Waals surface area contributed by atoms with Gasteiger partial charge < -0.3 is 9.51 Å². The van der Waals surface area contributed by atoms with Crippen molar-refractivity contribution in [2.24, 2.45) is 0 Å². The van der Waals surface area contributed by atoms with Crippen molar-refractivity contribution < 1.29 is 4.52 Å². The number of hydrogen-bond acceptors (Lipinski definition) is 6. The summed E-state index contributed by atoms with van der Waals surface area (Å²) in [5, 5.41) is 12.5. The molecule has 0 aromatic carbocycles. The van der Waals surface area contributed by atoms with Gasteiger partial charge in [-0.25, -0.2) is 9.97 Å². The summed E-state index contributed by atoms with van der Waals surface area (Å²) < 4.78 is 5.10. The van der Waals surface area contributed by atoms with Crippen molar-refractivity contribution in [1.82, 2.24) is 25.1 Å². The minimum atomic E-state index is 0.310. The summed E-state index contributed by atoms with van der Waals surface area (Å²) in [4.78, 5) is 14.9. The molecule has 0 saturated heterocycles. The van der Waals surface area contributed by atoms with Crippen molar-refractivity contribution in [3.63, 3.8) is 0 Å². The van der Waals surface area contributed by atoms with Gasteiger partial charge in [0.2, 0.25) is 5.82 Å². The molecule has 0 bridgehead atoms. The monoisotopic (exact) mass is 238 g/mol. The molecule has 0 aliphatic carbocycles. The molecule has 0 radical (unpaired) electrons. The second-order valence-corrected chi connectivity index (χ2v) is 3.42. The molecule has 7 heteroatoms. The van der Waals surface area contributed by atoms with Gasteiger partial charge in [-0.2, -0.15) is 10.2 Å². The van der Waals surface area contributed by atoms with Gasteiger partial charge in [-0.05, 0) is 18.2 Å². The van der Waals surface area contributed by atoms with E-state index in [0.29, 0.717) is 28.8 Å². The molecule has 3 rings (SSSR count). The molecule has 0 aliphatic heterocycles. The lowest BCUT2D eigenvalue weighted by molar-refractivity contribution is 0.431. The van der Waals surface area contributed by atoms with E-state index in [2.05, 4.69) is 25.1 Å². The van der Waals surface area contributed by atoms with Gasteiger partial charge in [-0.1, -0.05) is 5.16 Å². The van der Waals surface area contributed by atoms with Crippen molar-refractivity contribution in [2.75, 3.05) is 0 Å². The Morgan fingerprint density at radius 1 is 1.28 bits per heavy atom. The molecule has 0 atom stereocenters. The fourth-order valence-electron chi connectivity index (χ4n) is 1.44. The Hall–Kier alpha value is -3.01. The highest BCUT2D eigenvalue weighted by molar-refractivity contribution is 5.54. The van der Waals surface area contributed by atoms with E-state index in [1.54, 1.807) is 24.4 Å². The third kappa shape index (κ3) is 1.72. The van der Waals surface area contributed by atoms with E-state index in [1.807, 2.05) is 6.07 Å². The van der Waals surface area contributed by atoms with Crippen LogP contribution >= 0.6 is 0 Å².